The smallest absolute Gasteiger partial charge is 0.222 e. The summed E-state index contributed by atoms with van der Waals surface area (Å²) in [5, 5.41) is 0.898. The van der Waals surface area contributed by atoms with Crippen molar-refractivity contribution in [2.45, 2.75) is 31.7 Å². The summed E-state index contributed by atoms with van der Waals surface area (Å²) >= 11 is 12.0. The van der Waals surface area contributed by atoms with Gasteiger partial charge in [-0.15, -0.1) is 0 Å². The molecule has 1 aliphatic heterocycles. The topological polar surface area (TPSA) is 32.8 Å². The fraction of sp³-hybridized carbons (Fsp3) is 0.588. The number of hydrogen-bond donors (Lipinski definition) is 0. The number of rotatable bonds is 6. The van der Waals surface area contributed by atoms with Crippen LogP contribution in [0.25, 0.3) is 0 Å². The SMILES string of the molecule is CN(C)C1CCN(C(=O)CCCOc2cccc(Cl)c2Cl)CC1. The zero-order valence-electron chi connectivity index (χ0n) is 13.7. The Balaban J connectivity index is 1.68. The number of ether oxygens (including phenoxy) is 1. The van der Waals surface area contributed by atoms with Gasteiger partial charge < -0.3 is 14.5 Å². The third kappa shape index (κ3) is 5.27. The van der Waals surface area contributed by atoms with Gasteiger partial charge in [-0.25, -0.2) is 0 Å². The molecule has 4 nitrogen and oxygen atoms in total. The number of halogens is 2. The summed E-state index contributed by atoms with van der Waals surface area (Å²) in [6, 6.07) is 5.89. The second-order valence-electron chi connectivity index (χ2n) is 6.08. The van der Waals surface area contributed by atoms with Crippen LogP contribution >= 0.6 is 23.2 Å². The van der Waals surface area contributed by atoms with E-state index in [1.54, 1.807) is 18.2 Å². The van der Waals surface area contributed by atoms with Crippen molar-refractivity contribution in [2.24, 2.45) is 0 Å². The van der Waals surface area contributed by atoms with E-state index < -0.39 is 0 Å². The third-order valence-electron chi connectivity index (χ3n) is 4.26. The largest absolute Gasteiger partial charge is 0.492 e. The van der Waals surface area contributed by atoms with Crippen LogP contribution in [0, 0.1) is 0 Å². The molecule has 1 aromatic rings. The van der Waals surface area contributed by atoms with Gasteiger partial charge in [0.15, 0.2) is 0 Å². The minimum Gasteiger partial charge on any atom is -0.492 e. The van der Waals surface area contributed by atoms with Crippen LogP contribution in [-0.2, 0) is 4.79 Å². The zero-order chi connectivity index (χ0) is 16.8. The van der Waals surface area contributed by atoms with Crippen LogP contribution in [0.15, 0.2) is 18.2 Å². The fourth-order valence-corrected chi connectivity index (χ4v) is 3.14. The van der Waals surface area contributed by atoms with Crippen LogP contribution in [0.3, 0.4) is 0 Å². The number of carbonyl (C=O) groups is 1. The van der Waals surface area contributed by atoms with Crippen molar-refractivity contribution in [1.29, 1.82) is 0 Å². The Morgan fingerprint density at radius 1 is 1.30 bits per heavy atom. The number of nitrogens with zero attached hydrogens (tertiary/aromatic N) is 2. The van der Waals surface area contributed by atoms with E-state index in [-0.39, 0.29) is 5.91 Å². The Kier molecular flexibility index (Phi) is 7.00. The van der Waals surface area contributed by atoms with Crippen molar-refractivity contribution >= 4 is 29.1 Å². The number of piperidine rings is 1. The molecular weight excluding hydrogens is 335 g/mol. The summed E-state index contributed by atoms with van der Waals surface area (Å²) in [6.45, 7) is 2.16. The van der Waals surface area contributed by atoms with E-state index in [0.29, 0.717) is 41.3 Å². The van der Waals surface area contributed by atoms with Gasteiger partial charge in [-0.1, -0.05) is 29.3 Å². The van der Waals surface area contributed by atoms with Gasteiger partial charge in [0.1, 0.15) is 10.8 Å². The highest BCUT2D eigenvalue weighted by Crippen LogP contribution is 2.31. The number of amides is 1. The Hall–Kier alpha value is -0.970. The van der Waals surface area contributed by atoms with Crippen LogP contribution in [-0.4, -0.2) is 55.5 Å². The first-order valence-electron chi connectivity index (χ1n) is 8.00. The Bertz CT molecular complexity index is 529. The molecule has 6 heteroatoms. The third-order valence-corrected chi connectivity index (χ3v) is 5.06. The molecule has 1 amide bonds. The summed E-state index contributed by atoms with van der Waals surface area (Å²) in [4.78, 5) is 16.4. The van der Waals surface area contributed by atoms with E-state index in [4.69, 9.17) is 27.9 Å². The predicted molar refractivity (Wildman–Crippen MR) is 94.5 cm³/mol. The average molecular weight is 359 g/mol. The molecule has 1 saturated heterocycles. The number of likely N-dealkylation sites (tertiary alicyclic amines) is 1. The summed E-state index contributed by atoms with van der Waals surface area (Å²) in [5.41, 5.74) is 0. The lowest BCUT2D eigenvalue weighted by atomic mass is 10.0. The molecule has 0 N–H and O–H groups in total. The molecule has 1 aliphatic rings. The molecule has 0 bridgehead atoms. The lowest BCUT2D eigenvalue weighted by molar-refractivity contribution is -0.132. The molecule has 2 rings (SSSR count). The molecule has 1 aromatic carbocycles. The van der Waals surface area contributed by atoms with E-state index in [9.17, 15) is 4.79 Å². The molecule has 0 spiro atoms. The first kappa shape index (κ1) is 18.4. The van der Waals surface area contributed by atoms with Crippen molar-refractivity contribution < 1.29 is 9.53 Å². The number of carbonyl (C=O) groups excluding carboxylic acids is 1. The normalized spacial score (nSPS) is 16.0. The lowest BCUT2D eigenvalue weighted by Gasteiger charge is -2.35. The highest BCUT2D eigenvalue weighted by atomic mass is 35.5. The van der Waals surface area contributed by atoms with E-state index in [0.717, 1.165) is 25.9 Å². The van der Waals surface area contributed by atoms with Crippen LogP contribution < -0.4 is 4.74 Å². The van der Waals surface area contributed by atoms with Gasteiger partial charge in [-0.2, -0.15) is 0 Å². The molecule has 0 aliphatic carbocycles. The maximum atomic E-state index is 12.2. The molecule has 1 heterocycles. The summed E-state index contributed by atoms with van der Waals surface area (Å²) in [6.07, 6.45) is 3.28. The van der Waals surface area contributed by atoms with Gasteiger partial charge in [0.25, 0.3) is 0 Å². The van der Waals surface area contributed by atoms with Gasteiger partial charge in [0, 0.05) is 25.6 Å². The van der Waals surface area contributed by atoms with E-state index in [2.05, 4.69) is 19.0 Å². The fourth-order valence-electron chi connectivity index (χ4n) is 2.79. The second kappa shape index (κ2) is 8.76. The maximum absolute atomic E-state index is 12.2. The van der Waals surface area contributed by atoms with Gasteiger partial charge in [-0.05, 0) is 45.5 Å². The van der Waals surface area contributed by atoms with Crippen molar-refractivity contribution in [3.8, 4) is 5.75 Å². The minimum atomic E-state index is 0.211. The van der Waals surface area contributed by atoms with E-state index in [1.165, 1.54) is 0 Å². The Morgan fingerprint density at radius 3 is 2.65 bits per heavy atom. The van der Waals surface area contributed by atoms with Crippen LogP contribution in [0.1, 0.15) is 25.7 Å². The summed E-state index contributed by atoms with van der Waals surface area (Å²) in [7, 11) is 4.20. The molecule has 23 heavy (non-hydrogen) atoms. The highest BCUT2D eigenvalue weighted by Gasteiger charge is 2.23. The number of benzene rings is 1. The molecule has 0 aromatic heterocycles. The van der Waals surface area contributed by atoms with Crippen molar-refractivity contribution in [1.82, 2.24) is 9.80 Å². The molecule has 0 unspecified atom stereocenters. The lowest BCUT2D eigenvalue weighted by Crippen LogP contribution is -2.44. The first-order chi connectivity index (χ1) is 11.0. The zero-order valence-corrected chi connectivity index (χ0v) is 15.2. The quantitative estimate of drug-likeness (QED) is 0.726. The van der Waals surface area contributed by atoms with Crippen molar-refractivity contribution in [2.75, 3.05) is 33.8 Å². The predicted octanol–water partition coefficient (Wildman–Crippen LogP) is 3.71. The minimum absolute atomic E-state index is 0.211. The average Bonchev–Trinajstić information content (AvgIpc) is 2.55. The Morgan fingerprint density at radius 2 is 2.00 bits per heavy atom. The highest BCUT2D eigenvalue weighted by molar-refractivity contribution is 6.42. The molecule has 128 valence electrons. The second-order valence-corrected chi connectivity index (χ2v) is 6.86. The van der Waals surface area contributed by atoms with Gasteiger partial charge >= 0.3 is 0 Å². The van der Waals surface area contributed by atoms with Gasteiger partial charge in [0.2, 0.25) is 5.91 Å². The summed E-state index contributed by atoms with van der Waals surface area (Å²) in [5.74, 6) is 0.779. The van der Waals surface area contributed by atoms with Crippen LogP contribution in [0.5, 0.6) is 5.75 Å². The molecule has 0 atom stereocenters. The molecule has 0 radical (unpaired) electrons. The summed E-state index contributed by atoms with van der Waals surface area (Å²) < 4.78 is 5.61. The van der Waals surface area contributed by atoms with Crippen molar-refractivity contribution in [3.05, 3.63) is 28.2 Å². The van der Waals surface area contributed by atoms with Crippen LogP contribution in [0.4, 0.5) is 0 Å². The standard InChI is InChI=1S/C17H24Cl2N2O2/c1-20(2)13-8-10-21(11-9-13)16(22)7-4-12-23-15-6-3-5-14(18)17(15)19/h3,5-6,13H,4,7-12H2,1-2H3. The number of hydrogen-bond acceptors (Lipinski definition) is 3. The Labute approximate surface area is 148 Å². The first-order valence-corrected chi connectivity index (χ1v) is 8.75. The van der Waals surface area contributed by atoms with Gasteiger partial charge in [-0.3, -0.25) is 4.79 Å². The van der Waals surface area contributed by atoms with E-state index >= 15 is 0 Å². The molecule has 0 saturated carbocycles. The van der Waals surface area contributed by atoms with Gasteiger partial charge in [0.05, 0.1) is 11.6 Å². The monoisotopic (exact) mass is 358 g/mol. The molecular formula is C17H24Cl2N2O2. The van der Waals surface area contributed by atoms with Crippen molar-refractivity contribution in [3.63, 3.8) is 0 Å². The molecule has 1 fully saturated rings. The van der Waals surface area contributed by atoms with Crippen LogP contribution in [0.2, 0.25) is 10.0 Å². The van der Waals surface area contributed by atoms with E-state index in [1.807, 2.05) is 4.90 Å². The maximum Gasteiger partial charge on any atom is 0.222 e.